The maximum Gasteiger partial charge on any atom is 0.253 e. The Hall–Kier alpha value is -2.66. The lowest BCUT2D eigenvalue weighted by Crippen LogP contribution is -2.49. The van der Waals surface area contributed by atoms with Crippen LogP contribution >= 0.6 is 0 Å². The number of carbonyl (C=O) groups excluding carboxylic acids is 2. The molecule has 0 unspecified atom stereocenters. The summed E-state index contributed by atoms with van der Waals surface area (Å²) < 4.78 is 0. The van der Waals surface area contributed by atoms with Gasteiger partial charge in [-0.2, -0.15) is 0 Å². The van der Waals surface area contributed by atoms with E-state index in [-0.39, 0.29) is 17.7 Å². The van der Waals surface area contributed by atoms with Gasteiger partial charge in [0.1, 0.15) is 0 Å². The van der Waals surface area contributed by atoms with Crippen LogP contribution in [0.15, 0.2) is 54.6 Å². The highest BCUT2D eigenvalue weighted by molar-refractivity contribution is 5.96. The lowest BCUT2D eigenvalue weighted by atomic mass is 10.1. The molecule has 5 nitrogen and oxygen atoms in total. The number of hydrogen-bond donors (Lipinski definition) is 1. The van der Waals surface area contributed by atoms with Gasteiger partial charge >= 0.3 is 0 Å². The van der Waals surface area contributed by atoms with E-state index in [0.29, 0.717) is 5.56 Å². The van der Waals surface area contributed by atoms with E-state index in [2.05, 4.69) is 34.5 Å². The summed E-state index contributed by atoms with van der Waals surface area (Å²) in [5.74, 6) is 0.341. The Kier molecular flexibility index (Phi) is 5.72. The molecule has 2 aliphatic rings. The van der Waals surface area contributed by atoms with Crippen LogP contribution in [0.25, 0.3) is 0 Å². The van der Waals surface area contributed by atoms with Crippen LogP contribution in [-0.2, 0) is 11.2 Å². The number of rotatable bonds is 6. The van der Waals surface area contributed by atoms with Crippen molar-refractivity contribution in [1.82, 2.24) is 9.80 Å². The number of anilines is 1. The van der Waals surface area contributed by atoms with Crippen molar-refractivity contribution in [3.8, 4) is 0 Å². The van der Waals surface area contributed by atoms with Gasteiger partial charge in [0.25, 0.3) is 5.91 Å². The molecule has 1 N–H and O–H groups in total. The summed E-state index contributed by atoms with van der Waals surface area (Å²) in [5.41, 5.74) is 2.80. The van der Waals surface area contributed by atoms with E-state index < -0.39 is 0 Å². The molecule has 1 aliphatic carbocycles. The largest absolute Gasteiger partial charge is 0.336 e. The molecule has 5 heteroatoms. The first-order valence-corrected chi connectivity index (χ1v) is 10.2. The molecule has 28 heavy (non-hydrogen) atoms. The molecule has 146 valence electrons. The molecule has 1 heterocycles. The second kappa shape index (κ2) is 8.57. The van der Waals surface area contributed by atoms with E-state index in [1.807, 2.05) is 35.2 Å². The Bertz CT molecular complexity index is 808. The highest BCUT2D eigenvalue weighted by atomic mass is 16.2. The molecule has 1 saturated carbocycles. The Labute approximate surface area is 166 Å². The van der Waals surface area contributed by atoms with Crippen molar-refractivity contribution in [2.75, 3.05) is 38.0 Å². The van der Waals surface area contributed by atoms with Crippen LogP contribution < -0.4 is 5.32 Å². The fourth-order valence-corrected chi connectivity index (χ4v) is 3.58. The molecule has 2 aromatic rings. The number of piperazine rings is 1. The lowest BCUT2D eigenvalue weighted by Gasteiger charge is -2.34. The third kappa shape index (κ3) is 4.78. The number of nitrogens with zero attached hydrogens (tertiary/aromatic N) is 2. The second-order valence-corrected chi connectivity index (χ2v) is 7.71. The van der Waals surface area contributed by atoms with Gasteiger partial charge in [-0.15, -0.1) is 0 Å². The molecule has 0 radical (unpaired) electrons. The van der Waals surface area contributed by atoms with Gasteiger partial charge in [0.2, 0.25) is 5.91 Å². The van der Waals surface area contributed by atoms with Gasteiger partial charge in [0, 0.05) is 49.9 Å². The number of amides is 2. The minimum Gasteiger partial charge on any atom is -0.336 e. The summed E-state index contributed by atoms with van der Waals surface area (Å²) in [4.78, 5) is 28.9. The van der Waals surface area contributed by atoms with Crippen LogP contribution in [0.2, 0.25) is 0 Å². The number of hydrogen-bond acceptors (Lipinski definition) is 3. The van der Waals surface area contributed by atoms with Crippen LogP contribution in [-0.4, -0.2) is 54.3 Å². The molecule has 1 saturated heterocycles. The quantitative estimate of drug-likeness (QED) is 0.842. The monoisotopic (exact) mass is 377 g/mol. The highest BCUT2D eigenvalue weighted by Crippen LogP contribution is 2.30. The van der Waals surface area contributed by atoms with Crippen molar-refractivity contribution in [2.45, 2.75) is 19.3 Å². The van der Waals surface area contributed by atoms with E-state index in [0.717, 1.165) is 57.7 Å². The predicted molar refractivity (Wildman–Crippen MR) is 110 cm³/mol. The van der Waals surface area contributed by atoms with Crippen LogP contribution in [0.3, 0.4) is 0 Å². The molecule has 2 aromatic carbocycles. The van der Waals surface area contributed by atoms with Crippen molar-refractivity contribution in [2.24, 2.45) is 5.92 Å². The van der Waals surface area contributed by atoms with E-state index in [1.165, 1.54) is 5.56 Å². The standard InChI is InChI=1S/C23H27N3O2/c27-22(19-6-7-19)24-21-10-8-20(9-11-21)23(28)26-16-14-25(15-17-26)13-12-18-4-2-1-3-5-18/h1-5,8-11,19H,6-7,12-17H2,(H,24,27). The van der Waals surface area contributed by atoms with E-state index in [4.69, 9.17) is 0 Å². The number of nitrogens with one attached hydrogen (secondary N) is 1. The van der Waals surface area contributed by atoms with E-state index in [9.17, 15) is 9.59 Å². The Morgan fingerprint density at radius 2 is 1.57 bits per heavy atom. The maximum absolute atomic E-state index is 12.8. The average molecular weight is 377 g/mol. The topological polar surface area (TPSA) is 52.7 Å². The smallest absolute Gasteiger partial charge is 0.253 e. The Balaban J connectivity index is 1.24. The summed E-state index contributed by atoms with van der Waals surface area (Å²) in [6.07, 6.45) is 3.02. The molecular weight excluding hydrogens is 350 g/mol. The van der Waals surface area contributed by atoms with Crippen LogP contribution in [0, 0.1) is 5.92 Å². The third-order valence-electron chi connectivity index (χ3n) is 5.57. The minimum atomic E-state index is 0.0720. The average Bonchev–Trinajstić information content (AvgIpc) is 3.59. The fraction of sp³-hybridized carbons (Fsp3) is 0.391. The number of carbonyl (C=O) groups is 2. The van der Waals surface area contributed by atoms with Gasteiger partial charge < -0.3 is 10.2 Å². The van der Waals surface area contributed by atoms with Crippen molar-refractivity contribution in [3.63, 3.8) is 0 Å². The third-order valence-corrected chi connectivity index (χ3v) is 5.57. The molecule has 1 aliphatic heterocycles. The van der Waals surface area contributed by atoms with Crippen LogP contribution in [0.4, 0.5) is 5.69 Å². The number of benzene rings is 2. The zero-order valence-corrected chi connectivity index (χ0v) is 16.1. The lowest BCUT2D eigenvalue weighted by molar-refractivity contribution is -0.117. The molecule has 0 atom stereocenters. The normalized spacial score (nSPS) is 17.4. The minimum absolute atomic E-state index is 0.0720. The SMILES string of the molecule is O=C(Nc1ccc(C(=O)N2CCN(CCc3ccccc3)CC2)cc1)C1CC1. The summed E-state index contributed by atoms with van der Waals surface area (Å²) >= 11 is 0. The fourth-order valence-electron chi connectivity index (χ4n) is 3.58. The summed E-state index contributed by atoms with van der Waals surface area (Å²) in [5, 5.41) is 2.91. The Morgan fingerprint density at radius 1 is 0.893 bits per heavy atom. The molecular formula is C23H27N3O2. The van der Waals surface area contributed by atoms with Crippen LogP contribution in [0.5, 0.6) is 0 Å². The van der Waals surface area contributed by atoms with Gasteiger partial charge in [-0.3, -0.25) is 14.5 Å². The van der Waals surface area contributed by atoms with E-state index >= 15 is 0 Å². The first kappa shape index (κ1) is 18.7. The molecule has 0 bridgehead atoms. The highest BCUT2D eigenvalue weighted by Gasteiger charge is 2.29. The summed E-state index contributed by atoms with van der Waals surface area (Å²) in [6.45, 7) is 4.37. The first-order chi connectivity index (χ1) is 13.7. The first-order valence-electron chi connectivity index (χ1n) is 10.2. The summed E-state index contributed by atoms with van der Waals surface area (Å²) in [7, 11) is 0. The zero-order chi connectivity index (χ0) is 19.3. The molecule has 0 aromatic heterocycles. The van der Waals surface area contributed by atoms with Crippen molar-refractivity contribution >= 4 is 17.5 Å². The predicted octanol–water partition coefficient (Wildman–Crippen LogP) is 3.04. The van der Waals surface area contributed by atoms with Gasteiger partial charge in [0.15, 0.2) is 0 Å². The van der Waals surface area contributed by atoms with Crippen molar-refractivity contribution in [1.29, 1.82) is 0 Å². The maximum atomic E-state index is 12.8. The van der Waals surface area contributed by atoms with Gasteiger partial charge in [-0.05, 0) is 49.1 Å². The van der Waals surface area contributed by atoms with Crippen molar-refractivity contribution < 1.29 is 9.59 Å². The molecule has 4 rings (SSSR count). The molecule has 2 amide bonds. The summed E-state index contributed by atoms with van der Waals surface area (Å²) in [6, 6.07) is 17.8. The van der Waals surface area contributed by atoms with Crippen LogP contribution in [0.1, 0.15) is 28.8 Å². The van der Waals surface area contributed by atoms with Gasteiger partial charge in [0.05, 0.1) is 0 Å². The molecule has 2 fully saturated rings. The van der Waals surface area contributed by atoms with Gasteiger partial charge in [-0.1, -0.05) is 30.3 Å². The van der Waals surface area contributed by atoms with E-state index in [1.54, 1.807) is 0 Å². The van der Waals surface area contributed by atoms with Crippen molar-refractivity contribution in [3.05, 3.63) is 65.7 Å². The Morgan fingerprint density at radius 3 is 2.21 bits per heavy atom. The zero-order valence-electron chi connectivity index (χ0n) is 16.1. The second-order valence-electron chi connectivity index (χ2n) is 7.71. The van der Waals surface area contributed by atoms with Gasteiger partial charge in [-0.25, -0.2) is 0 Å². The molecule has 0 spiro atoms.